The Hall–Kier alpha value is -1.83. The van der Waals surface area contributed by atoms with Gasteiger partial charge in [-0.25, -0.2) is 0 Å². The summed E-state index contributed by atoms with van der Waals surface area (Å²) in [7, 11) is 0. The van der Waals surface area contributed by atoms with E-state index >= 15 is 0 Å². The Morgan fingerprint density at radius 2 is 2.11 bits per heavy atom. The molecule has 1 aromatic rings. The lowest BCUT2D eigenvalue weighted by molar-refractivity contribution is -0.142. The van der Waals surface area contributed by atoms with E-state index in [1.54, 1.807) is 6.92 Å². The van der Waals surface area contributed by atoms with Crippen LogP contribution >= 0.6 is 0 Å². The summed E-state index contributed by atoms with van der Waals surface area (Å²) < 4.78 is 6.86. The molecule has 5 heteroatoms. The fourth-order valence-electron chi connectivity index (χ4n) is 2.17. The van der Waals surface area contributed by atoms with Crippen LogP contribution in [0.2, 0.25) is 0 Å². The standard InChI is InChI=1S/C14H21N3O2/c1-4-12-11(10-14(18)19-6-3)13(5-2)17(16-12)9-7-8-15/h4-7,9-10H2,1-3H3. The van der Waals surface area contributed by atoms with Gasteiger partial charge in [-0.05, 0) is 19.8 Å². The van der Waals surface area contributed by atoms with E-state index in [9.17, 15) is 4.79 Å². The smallest absolute Gasteiger partial charge is 0.310 e. The third kappa shape index (κ3) is 3.82. The van der Waals surface area contributed by atoms with Gasteiger partial charge in [-0.15, -0.1) is 0 Å². The number of aryl methyl sites for hydroxylation is 2. The first kappa shape index (κ1) is 15.2. The molecule has 5 nitrogen and oxygen atoms in total. The number of hydrogen-bond acceptors (Lipinski definition) is 4. The molecule has 0 unspecified atom stereocenters. The molecule has 0 aliphatic heterocycles. The molecule has 0 radical (unpaired) electrons. The van der Waals surface area contributed by atoms with Crippen molar-refractivity contribution in [3.8, 4) is 6.07 Å². The summed E-state index contributed by atoms with van der Waals surface area (Å²) in [6.07, 6.45) is 2.28. The summed E-state index contributed by atoms with van der Waals surface area (Å²) in [4.78, 5) is 11.7. The van der Waals surface area contributed by atoms with E-state index in [1.165, 1.54) is 0 Å². The molecule has 0 amide bonds. The third-order valence-electron chi connectivity index (χ3n) is 2.98. The van der Waals surface area contributed by atoms with Crippen molar-refractivity contribution in [2.45, 2.75) is 53.0 Å². The van der Waals surface area contributed by atoms with Gasteiger partial charge in [0.15, 0.2) is 0 Å². The second kappa shape index (κ2) is 7.57. The zero-order valence-corrected chi connectivity index (χ0v) is 11.9. The van der Waals surface area contributed by atoms with Crippen LogP contribution in [0.5, 0.6) is 0 Å². The number of ether oxygens (including phenoxy) is 1. The van der Waals surface area contributed by atoms with Crippen LogP contribution in [-0.4, -0.2) is 22.4 Å². The molecule has 0 fully saturated rings. The second-order valence-corrected chi connectivity index (χ2v) is 4.19. The SMILES string of the molecule is CCOC(=O)Cc1c(CC)nn(CCC#N)c1CC. The Kier molecular flexibility index (Phi) is 6.07. The van der Waals surface area contributed by atoms with Crippen LogP contribution < -0.4 is 0 Å². The number of hydrogen-bond donors (Lipinski definition) is 0. The van der Waals surface area contributed by atoms with Crippen LogP contribution in [-0.2, 0) is 35.3 Å². The summed E-state index contributed by atoms with van der Waals surface area (Å²) >= 11 is 0. The molecule has 1 heterocycles. The second-order valence-electron chi connectivity index (χ2n) is 4.19. The number of carbonyl (C=O) groups is 1. The number of aromatic nitrogens is 2. The van der Waals surface area contributed by atoms with Crippen molar-refractivity contribution in [1.82, 2.24) is 9.78 Å². The number of nitrogens with zero attached hydrogens (tertiary/aromatic N) is 3. The van der Waals surface area contributed by atoms with E-state index in [2.05, 4.69) is 11.2 Å². The Balaban J connectivity index is 3.02. The summed E-state index contributed by atoms with van der Waals surface area (Å²) in [5.41, 5.74) is 2.95. The fraction of sp³-hybridized carbons (Fsp3) is 0.643. The predicted octanol–water partition coefficient (Wildman–Crippen LogP) is 2.03. The van der Waals surface area contributed by atoms with Gasteiger partial charge >= 0.3 is 5.97 Å². The number of carbonyl (C=O) groups excluding carboxylic acids is 1. The maximum Gasteiger partial charge on any atom is 0.310 e. The minimum absolute atomic E-state index is 0.216. The Morgan fingerprint density at radius 3 is 2.63 bits per heavy atom. The van der Waals surface area contributed by atoms with Crippen LogP contribution in [0, 0.1) is 11.3 Å². The Labute approximate surface area is 114 Å². The van der Waals surface area contributed by atoms with Crippen LogP contribution in [0.3, 0.4) is 0 Å². The van der Waals surface area contributed by atoms with Gasteiger partial charge in [-0.2, -0.15) is 10.4 Å². The maximum atomic E-state index is 11.7. The van der Waals surface area contributed by atoms with E-state index in [4.69, 9.17) is 10.00 Å². The minimum Gasteiger partial charge on any atom is -0.466 e. The average Bonchev–Trinajstić information content (AvgIpc) is 2.73. The Morgan fingerprint density at radius 1 is 1.37 bits per heavy atom. The summed E-state index contributed by atoms with van der Waals surface area (Å²) in [6, 6.07) is 2.12. The first-order valence-electron chi connectivity index (χ1n) is 6.77. The van der Waals surface area contributed by atoms with Gasteiger partial charge in [0.1, 0.15) is 0 Å². The molecule has 1 aromatic heterocycles. The lowest BCUT2D eigenvalue weighted by atomic mass is 10.1. The van der Waals surface area contributed by atoms with Crippen LogP contribution in [0.1, 0.15) is 44.1 Å². The van der Waals surface area contributed by atoms with Gasteiger partial charge in [0, 0.05) is 11.3 Å². The molecule has 0 saturated heterocycles. The molecule has 0 spiro atoms. The predicted molar refractivity (Wildman–Crippen MR) is 71.6 cm³/mol. The van der Waals surface area contributed by atoms with Crippen molar-refractivity contribution in [2.75, 3.05) is 6.61 Å². The van der Waals surface area contributed by atoms with Crippen molar-refractivity contribution >= 4 is 5.97 Å². The Bertz CT molecular complexity index is 472. The molecule has 0 aliphatic carbocycles. The van der Waals surface area contributed by atoms with Crippen LogP contribution in [0.25, 0.3) is 0 Å². The molecular weight excluding hydrogens is 242 g/mol. The van der Waals surface area contributed by atoms with Gasteiger partial charge < -0.3 is 4.74 Å². The highest BCUT2D eigenvalue weighted by atomic mass is 16.5. The third-order valence-corrected chi connectivity index (χ3v) is 2.98. The molecule has 1 rings (SSSR count). The van der Waals surface area contributed by atoms with Gasteiger partial charge in [-0.3, -0.25) is 9.48 Å². The highest BCUT2D eigenvalue weighted by Crippen LogP contribution is 2.18. The van der Waals surface area contributed by atoms with E-state index < -0.39 is 0 Å². The van der Waals surface area contributed by atoms with Crippen LogP contribution in [0.4, 0.5) is 0 Å². The number of esters is 1. The monoisotopic (exact) mass is 263 g/mol. The van der Waals surface area contributed by atoms with Crippen LogP contribution in [0.15, 0.2) is 0 Å². The van der Waals surface area contributed by atoms with Gasteiger partial charge in [-0.1, -0.05) is 13.8 Å². The lowest BCUT2D eigenvalue weighted by Gasteiger charge is -2.06. The summed E-state index contributed by atoms with van der Waals surface area (Å²) in [5, 5.41) is 13.2. The highest BCUT2D eigenvalue weighted by molar-refractivity contribution is 5.73. The molecule has 104 valence electrons. The minimum atomic E-state index is -0.216. The van der Waals surface area contributed by atoms with E-state index in [0.717, 1.165) is 29.8 Å². The number of rotatable bonds is 7. The first-order chi connectivity index (χ1) is 9.17. The largest absolute Gasteiger partial charge is 0.466 e. The van der Waals surface area contributed by atoms with Gasteiger partial charge in [0.05, 0.1) is 37.8 Å². The van der Waals surface area contributed by atoms with Crippen molar-refractivity contribution in [2.24, 2.45) is 0 Å². The van der Waals surface area contributed by atoms with E-state index in [1.807, 2.05) is 18.5 Å². The summed E-state index contributed by atoms with van der Waals surface area (Å²) in [5.74, 6) is -0.216. The van der Waals surface area contributed by atoms with Gasteiger partial charge in [0.25, 0.3) is 0 Å². The average molecular weight is 263 g/mol. The molecule has 19 heavy (non-hydrogen) atoms. The topological polar surface area (TPSA) is 67.9 Å². The quantitative estimate of drug-likeness (QED) is 0.706. The molecule has 0 aliphatic rings. The lowest BCUT2D eigenvalue weighted by Crippen LogP contribution is -2.11. The first-order valence-corrected chi connectivity index (χ1v) is 6.77. The fourth-order valence-corrected chi connectivity index (χ4v) is 2.17. The highest BCUT2D eigenvalue weighted by Gasteiger charge is 2.18. The van der Waals surface area contributed by atoms with Crippen molar-refractivity contribution in [3.63, 3.8) is 0 Å². The van der Waals surface area contributed by atoms with Crippen molar-refractivity contribution < 1.29 is 9.53 Å². The molecule has 0 saturated carbocycles. The van der Waals surface area contributed by atoms with E-state index in [-0.39, 0.29) is 12.4 Å². The molecule has 0 bridgehead atoms. The van der Waals surface area contributed by atoms with Crippen molar-refractivity contribution in [3.05, 3.63) is 17.0 Å². The molecule has 0 N–H and O–H groups in total. The molecule has 0 aromatic carbocycles. The van der Waals surface area contributed by atoms with E-state index in [0.29, 0.717) is 19.6 Å². The number of nitriles is 1. The maximum absolute atomic E-state index is 11.7. The summed E-state index contributed by atoms with van der Waals surface area (Å²) in [6.45, 7) is 6.83. The zero-order valence-electron chi connectivity index (χ0n) is 11.9. The molecular formula is C14H21N3O2. The molecule has 0 atom stereocenters. The zero-order chi connectivity index (χ0) is 14.3. The van der Waals surface area contributed by atoms with Crippen molar-refractivity contribution in [1.29, 1.82) is 5.26 Å². The normalized spacial score (nSPS) is 10.2. The van der Waals surface area contributed by atoms with Gasteiger partial charge in [0.2, 0.25) is 0 Å².